The van der Waals surface area contributed by atoms with Crippen LogP contribution in [0.2, 0.25) is 0 Å². The van der Waals surface area contributed by atoms with Crippen LogP contribution in [0, 0.1) is 11.3 Å². The van der Waals surface area contributed by atoms with E-state index < -0.39 is 0 Å². The van der Waals surface area contributed by atoms with Gasteiger partial charge in [0.2, 0.25) is 5.91 Å². The molecule has 2 atom stereocenters. The molecule has 0 aromatic carbocycles. The molecule has 2 fully saturated rings. The summed E-state index contributed by atoms with van der Waals surface area (Å²) >= 11 is 6.47. The highest BCUT2D eigenvalue weighted by molar-refractivity contribution is 6.21. The smallest absolute Gasteiger partial charge is 0.226 e. The number of carbonyl (C=O) groups is 1. The Balaban J connectivity index is 2.00. The molecule has 3 heteroatoms. The number of hydrogen-bond acceptors (Lipinski definition) is 1. The topological polar surface area (TPSA) is 29.1 Å². The lowest BCUT2D eigenvalue weighted by atomic mass is 9.77. The maximum absolute atomic E-state index is 12.9. The standard InChI is InChI=1S/C17H30ClNO/c1-13(2)12-17(10-6-7-11-17)16(20)19-15-9-5-3-4-8-14(15)18/h13-15H,3-12H2,1-2H3,(H,19,20). The Labute approximate surface area is 129 Å². The molecule has 0 radical (unpaired) electrons. The van der Waals surface area contributed by atoms with Gasteiger partial charge in [0, 0.05) is 11.5 Å². The number of nitrogens with one attached hydrogen (secondary N) is 1. The summed E-state index contributed by atoms with van der Waals surface area (Å²) in [6.45, 7) is 4.45. The van der Waals surface area contributed by atoms with Crippen LogP contribution in [-0.4, -0.2) is 17.3 Å². The van der Waals surface area contributed by atoms with Crippen LogP contribution in [-0.2, 0) is 4.79 Å². The quantitative estimate of drug-likeness (QED) is 0.594. The molecule has 1 amide bonds. The van der Waals surface area contributed by atoms with Gasteiger partial charge in [0.15, 0.2) is 0 Å². The molecule has 2 unspecified atom stereocenters. The van der Waals surface area contributed by atoms with Crippen molar-refractivity contribution >= 4 is 17.5 Å². The van der Waals surface area contributed by atoms with Crippen molar-refractivity contribution in [3.05, 3.63) is 0 Å². The second-order valence-corrected chi connectivity index (χ2v) is 7.88. The average Bonchev–Trinajstić information content (AvgIpc) is 2.76. The van der Waals surface area contributed by atoms with Gasteiger partial charge in [0.25, 0.3) is 0 Å². The Morgan fingerprint density at radius 1 is 1.15 bits per heavy atom. The fourth-order valence-electron chi connectivity index (χ4n) is 4.10. The van der Waals surface area contributed by atoms with Gasteiger partial charge < -0.3 is 5.32 Å². The number of rotatable bonds is 4. The van der Waals surface area contributed by atoms with E-state index >= 15 is 0 Å². The second kappa shape index (κ2) is 7.15. The molecule has 1 N–H and O–H groups in total. The molecular weight excluding hydrogens is 270 g/mol. The molecule has 0 aromatic heterocycles. The lowest BCUT2D eigenvalue weighted by Gasteiger charge is -2.32. The number of halogens is 1. The van der Waals surface area contributed by atoms with Gasteiger partial charge in [-0.1, -0.05) is 46.0 Å². The summed E-state index contributed by atoms with van der Waals surface area (Å²) in [5, 5.41) is 3.45. The van der Waals surface area contributed by atoms with Gasteiger partial charge >= 0.3 is 0 Å². The molecule has 20 heavy (non-hydrogen) atoms. The van der Waals surface area contributed by atoms with E-state index in [2.05, 4.69) is 19.2 Å². The molecule has 116 valence electrons. The zero-order chi connectivity index (χ0) is 14.6. The van der Waals surface area contributed by atoms with Gasteiger partial charge in [0.05, 0.1) is 5.38 Å². The maximum atomic E-state index is 12.9. The van der Waals surface area contributed by atoms with Crippen LogP contribution in [0.25, 0.3) is 0 Å². The molecule has 0 spiro atoms. The fraction of sp³-hybridized carbons (Fsp3) is 0.941. The van der Waals surface area contributed by atoms with Gasteiger partial charge in [-0.05, 0) is 38.0 Å². The summed E-state index contributed by atoms with van der Waals surface area (Å²) < 4.78 is 0. The third kappa shape index (κ3) is 3.90. The third-order valence-electron chi connectivity index (χ3n) is 5.09. The average molecular weight is 300 g/mol. The third-order valence-corrected chi connectivity index (χ3v) is 5.61. The number of alkyl halides is 1. The van der Waals surface area contributed by atoms with Crippen molar-refractivity contribution in [2.45, 2.75) is 89.5 Å². The first-order valence-corrected chi connectivity index (χ1v) is 8.92. The minimum Gasteiger partial charge on any atom is -0.351 e. The highest BCUT2D eigenvalue weighted by Crippen LogP contribution is 2.43. The minimum atomic E-state index is -0.100. The van der Waals surface area contributed by atoms with E-state index in [9.17, 15) is 4.79 Å². The molecule has 0 bridgehead atoms. The molecule has 0 heterocycles. The zero-order valence-electron chi connectivity index (χ0n) is 13.1. The number of hydrogen-bond donors (Lipinski definition) is 1. The minimum absolute atomic E-state index is 0.100. The van der Waals surface area contributed by atoms with E-state index in [1.165, 1.54) is 32.1 Å². The van der Waals surface area contributed by atoms with Gasteiger partial charge in [-0.15, -0.1) is 11.6 Å². The first-order valence-electron chi connectivity index (χ1n) is 8.48. The monoisotopic (exact) mass is 299 g/mol. The van der Waals surface area contributed by atoms with Crippen molar-refractivity contribution in [2.75, 3.05) is 0 Å². The van der Waals surface area contributed by atoms with Crippen LogP contribution < -0.4 is 5.32 Å². The highest BCUT2D eigenvalue weighted by atomic mass is 35.5. The van der Waals surface area contributed by atoms with Gasteiger partial charge in [-0.2, -0.15) is 0 Å². The van der Waals surface area contributed by atoms with Crippen LogP contribution >= 0.6 is 11.6 Å². The van der Waals surface area contributed by atoms with E-state index in [0.717, 1.165) is 32.1 Å². The largest absolute Gasteiger partial charge is 0.351 e. The van der Waals surface area contributed by atoms with Crippen LogP contribution in [0.15, 0.2) is 0 Å². The lowest BCUT2D eigenvalue weighted by Crippen LogP contribution is -2.48. The van der Waals surface area contributed by atoms with E-state index in [1.807, 2.05) is 0 Å². The van der Waals surface area contributed by atoms with Crippen LogP contribution in [0.5, 0.6) is 0 Å². The second-order valence-electron chi connectivity index (χ2n) is 7.32. The van der Waals surface area contributed by atoms with Crippen LogP contribution in [0.1, 0.15) is 78.1 Å². The first-order chi connectivity index (χ1) is 9.53. The van der Waals surface area contributed by atoms with Crippen molar-refractivity contribution in [3.8, 4) is 0 Å². The molecule has 2 nitrogen and oxygen atoms in total. The van der Waals surface area contributed by atoms with Crippen molar-refractivity contribution in [3.63, 3.8) is 0 Å². The van der Waals surface area contributed by atoms with Gasteiger partial charge in [0.1, 0.15) is 0 Å². The number of carbonyl (C=O) groups excluding carboxylic acids is 1. The Hall–Kier alpha value is -0.240. The summed E-state index contributed by atoms with van der Waals surface area (Å²) in [5.41, 5.74) is -0.100. The predicted molar refractivity (Wildman–Crippen MR) is 85.0 cm³/mol. The Bertz CT molecular complexity index is 323. The molecule has 2 aliphatic carbocycles. The normalized spacial score (nSPS) is 30.2. The summed E-state index contributed by atoms with van der Waals surface area (Å²) in [5.74, 6) is 0.876. The summed E-state index contributed by atoms with van der Waals surface area (Å²) in [4.78, 5) is 12.9. The van der Waals surface area contributed by atoms with Crippen LogP contribution in [0.3, 0.4) is 0 Å². The summed E-state index contributed by atoms with van der Waals surface area (Å²) in [7, 11) is 0. The fourth-order valence-corrected chi connectivity index (χ4v) is 4.45. The summed E-state index contributed by atoms with van der Waals surface area (Å²) in [6.07, 6.45) is 11.3. The highest BCUT2D eigenvalue weighted by Gasteiger charge is 2.42. The predicted octanol–water partition coefficient (Wildman–Crippen LogP) is 4.65. The van der Waals surface area contributed by atoms with Gasteiger partial charge in [-0.3, -0.25) is 4.79 Å². The molecule has 0 aliphatic heterocycles. The molecule has 0 saturated heterocycles. The zero-order valence-corrected chi connectivity index (χ0v) is 13.8. The van der Waals surface area contributed by atoms with Gasteiger partial charge in [-0.25, -0.2) is 0 Å². The first kappa shape index (κ1) is 16.1. The van der Waals surface area contributed by atoms with E-state index in [-0.39, 0.29) is 16.8 Å². The Morgan fingerprint density at radius 2 is 1.80 bits per heavy atom. The van der Waals surface area contributed by atoms with E-state index in [0.29, 0.717) is 11.8 Å². The van der Waals surface area contributed by atoms with Crippen molar-refractivity contribution in [1.82, 2.24) is 5.32 Å². The molecule has 2 saturated carbocycles. The van der Waals surface area contributed by atoms with Crippen molar-refractivity contribution in [1.29, 1.82) is 0 Å². The van der Waals surface area contributed by atoms with E-state index in [4.69, 9.17) is 11.6 Å². The Morgan fingerprint density at radius 3 is 2.45 bits per heavy atom. The molecule has 2 rings (SSSR count). The number of amides is 1. The molecule has 0 aromatic rings. The Kier molecular flexibility index (Phi) is 5.77. The van der Waals surface area contributed by atoms with E-state index in [1.54, 1.807) is 0 Å². The maximum Gasteiger partial charge on any atom is 0.226 e. The SMILES string of the molecule is CC(C)CC1(C(=O)NC2CCCCCC2Cl)CCCC1. The van der Waals surface area contributed by atoms with Crippen molar-refractivity contribution < 1.29 is 4.79 Å². The lowest BCUT2D eigenvalue weighted by molar-refractivity contribution is -0.132. The van der Waals surface area contributed by atoms with Crippen molar-refractivity contribution in [2.24, 2.45) is 11.3 Å². The molecule has 2 aliphatic rings. The molecular formula is C17H30ClNO. The van der Waals surface area contributed by atoms with Crippen LogP contribution in [0.4, 0.5) is 0 Å². The summed E-state index contributed by atoms with van der Waals surface area (Å²) in [6, 6.07) is 0.191.